The van der Waals surface area contributed by atoms with E-state index in [1.54, 1.807) is 30.3 Å². The first-order valence-electron chi connectivity index (χ1n) is 6.68. The molecule has 0 saturated heterocycles. The minimum absolute atomic E-state index is 0.153. The van der Waals surface area contributed by atoms with Crippen molar-refractivity contribution in [3.05, 3.63) is 66.5 Å². The van der Waals surface area contributed by atoms with Crippen LogP contribution in [0.15, 0.2) is 60.7 Å². The van der Waals surface area contributed by atoms with Crippen LogP contribution in [-0.2, 0) is 0 Å². The quantitative estimate of drug-likeness (QED) is 0.659. The number of halogens is 1. The van der Waals surface area contributed by atoms with Gasteiger partial charge in [-0.05, 0) is 36.4 Å². The van der Waals surface area contributed by atoms with Crippen molar-refractivity contribution in [3.63, 3.8) is 0 Å². The Bertz CT molecular complexity index is 832. The average Bonchev–Trinajstić information content (AvgIpc) is 2.51. The topological polar surface area (TPSA) is 61.4 Å². The molecule has 110 valence electrons. The number of urea groups is 1. The number of aromatic hydroxyl groups is 1. The van der Waals surface area contributed by atoms with E-state index in [1.807, 2.05) is 6.07 Å². The van der Waals surface area contributed by atoms with Crippen LogP contribution in [0.2, 0.25) is 0 Å². The zero-order chi connectivity index (χ0) is 15.5. The Morgan fingerprint density at radius 3 is 2.32 bits per heavy atom. The lowest BCUT2D eigenvalue weighted by molar-refractivity contribution is 0.262. The van der Waals surface area contributed by atoms with E-state index in [-0.39, 0.29) is 11.6 Å². The van der Waals surface area contributed by atoms with Crippen LogP contribution >= 0.6 is 0 Å². The summed E-state index contributed by atoms with van der Waals surface area (Å²) in [7, 11) is 0. The van der Waals surface area contributed by atoms with Gasteiger partial charge in [-0.3, -0.25) is 0 Å². The number of anilines is 2. The molecule has 0 unspecified atom stereocenters. The maximum atomic E-state index is 12.8. The van der Waals surface area contributed by atoms with Gasteiger partial charge in [-0.25, -0.2) is 9.18 Å². The number of hydrogen-bond donors (Lipinski definition) is 3. The number of phenols is 1. The number of amides is 2. The lowest BCUT2D eigenvalue weighted by atomic mass is 10.1. The predicted octanol–water partition coefficient (Wildman–Crippen LogP) is 4.33. The summed E-state index contributed by atoms with van der Waals surface area (Å²) < 4.78 is 12.8. The standard InChI is InChI=1S/C17H13FN2O2/c18-11-7-9-12(10-8-11)19-17(22)20-15-5-1-4-14-13(15)3-2-6-16(14)21/h1-10,21H,(H2,19,20,22). The molecule has 0 saturated carbocycles. The highest BCUT2D eigenvalue weighted by atomic mass is 19.1. The minimum Gasteiger partial charge on any atom is -0.507 e. The lowest BCUT2D eigenvalue weighted by Crippen LogP contribution is -2.19. The zero-order valence-electron chi connectivity index (χ0n) is 11.5. The monoisotopic (exact) mass is 296 g/mol. The van der Waals surface area contributed by atoms with E-state index in [9.17, 15) is 14.3 Å². The molecule has 0 aromatic heterocycles. The highest BCUT2D eigenvalue weighted by molar-refractivity contribution is 6.07. The Balaban J connectivity index is 1.82. The van der Waals surface area contributed by atoms with Crippen LogP contribution in [0, 0.1) is 5.82 Å². The van der Waals surface area contributed by atoms with E-state index in [4.69, 9.17) is 0 Å². The molecule has 0 spiro atoms. The van der Waals surface area contributed by atoms with Crippen molar-refractivity contribution in [2.75, 3.05) is 10.6 Å². The molecule has 3 rings (SSSR count). The van der Waals surface area contributed by atoms with Crippen LogP contribution < -0.4 is 10.6 Å². The third-order valence-corrected chi connectivity index (χ3v) is 3.25. The molecule has 2 amide bonds. The lowest BCUT2D eigenvalue weighted by Gasteiger charge is -2.10. The molecule has 3 N–H and O–H groups in total. The van der Waals surface area contributed by atoms with Crippen molar-refractivity contribution < 1.29 is 14.3 Å². The summed E-state index contributed by atoms with van der Waals surface area (Å²) in [5, 5.41) is 16.6. The first-order chi connectivity index (χ1) is 10.6. The Morgan fingerprint density at radius 1 is 0.864 bits per heavy atom. The van der Waals surface area contributed by atoms with Crippen LogP contribution in [0.5, 0.6) is 5.75 Å². The maximum Gasteiger partial charge on any atom is 0.323 e. The summed E-state index contributed by atoms with van der Waals surface area (Å²) in [5.74, 6) is -0.212. The molecule has 0 aliphatic carbocycles. The molecule has 0 atom stereocenters. The Labute approximate surface area is 126 Å². The summed E-state index contributed by atoms with van der Waals surface area (Å²) in [5.41, 5.74) is 1.06. The highest BCUT2D eigenvalue weighted by Crippen LogP contribution is 2.29. The number of nitrogens with one attached hydrogen (secondary N) is 2. The number of hydrogen-bond acceptors (Lipinski definition) is 2. The fourth-order valence-corrected chi connectivity index (χ4v) is 2.22. The van der Waals surface area contributed by atoms with Gasteiger partial charge in [-0.2, -0.15) is 0 Å². The molecule has 0 aliphatic heterocycles. The molecule has 0 bridgehead atoms. The Hall–Kier alpha value is -3.08. The van der Waals surface area contributed by atoms with E-state index in [2.05, 4.69) is 10.6 Å². The molecular formula is C17H13FN2O2. The zero-order valence-corrected chi connectivity index (χ0v) is 11.5. The summed E-state index contributed by atoms with van der Waals surface area (Å²) >= 11 is 0. The first kappa shape index (κ1) is 13.9. The smallest absolute Gasteiger partial charge is 0.323 e. The van der Waals surface area contributed by atoms with Gasteiger partial charge >= 0.3 is 6.03 Å². The normalized spacial score (nSPS) is 10.4. The summed E-state index contributed by atoms with van der Waals surface area (Å²) in [6.45, 7) is 0. The van der Waals surface area contributed by atoms with Gasteiger partial charge in [-0.1, -0.05) is 24.3 Å². The van der Waals surface area contributed by atoms with E-state index < -0.39 is 6.03 Å². The van der Waals surface area contributed by atoms with E-state index in [0.29, 0.717) is 16.8 Å². The van der Waals surface area contributed by atoms with Crippen molar-refractivity contribution in [1.82, 2.24) is 0 Å². The van der Waals surface area contributed by atoms with E-state index >= 15 is 0 Å². The first-order valence-corrected chi connectivity index (χ1v) is 6.68. The van der Waals surface area contributed by atoms with Gasteiger partial charge in [0, 0.05) is 16.5 Å². The molecule has 5 heteroatoms. The Kier molecular flexibility index (Phi) is 3.62. The average molecular weight is 296 g/mol. The van der Waals surface area contributed by atoms with Gasteiger partial charge in [0.05, 0.1) is 5.69 Å². The molecule has 0 aliphatic rings. The van der Waals surface area contributed by atoms with Gasteiger partial charge in [-0.15, -0.1) is 0 Å². The van der Waals surface area contributed by atoms with Gasteiger partial charge in [0.15, 0.2) is 0 Å². The van der Waals surface area contributed by atoms with Crippen molar-refractivity contribution in [1.29, 1.82) is 0 Å². The maximum absolute atomic E-state index is 12.8. The molecule has 3 aromatic carbocycles. The fraction of sp³-hybridized carbons (Fsp3) is 0. The van der Waals surface area contributed by atoms with Crippen LogP contribution in [0.3, 0.4) is 0 Å². The predicted molar refractivity (Wildman–Crippen MR) is 84.7 cm³/mol. The van der Waals surface area contributed by atoms with Crippen molar-refractivity contribution in [2.45, 2.75) is 0 Å². The molecule has 0 radical (unpaired) electrons. The van der Waals surface area contributed by atoms with Crippen LogP contribution in [0.25, 0.3) is 10.8 Å². The molecule has 4 nitrogen and oxygen atoms in total. The fourth-order valence-electron chi connectivity index (χ4n) is 2.22. The third kappa shape index (κ3) is 2.83. The number of fused-ring (bicyclic) bond motifs is 1. The number of rotatable bonds is 2. The van der Waals surface area contributed by atoms with E-state index in [0.717, 1.165) is 5.39 Å². The molecule has 3 aromatic rings. The molecule has 0 fully saturated rings. The van der Waals surface area contributed by atoms with Gasteiger partial charge in [0.2, 0.25) is 0 Å². The van der Waals surface area contributed by atoms with Gasteiger partial charge < -0.3 is 15.7 Å². The van der Waals surface area contributed by atoms with Crippen molar-refractivity contribution in [3.8, 4) is 5.75 Å². The van der Waals surface area contributed by atoms with Crippen molar-refractivity contribution >= 4 is 28.2 Å². The molecule has 22 heavy (non-hydrogen) atoms. The summed E-state index contributed by atoms with van der Waals surface area (Å²) in [4.78, 5) is 12.0. The number of carbonyl (C=O) groups excluding carboxylic acids is 1. The molecule has 0 heterocycles. The largest absolute Gasteiger partial charge is 0.507 e. The van der Waals surface area contributed by atoms with Crippen LogP contribution in [0.1, 0.15) is 0 Å². The second kappa shape index (κ2) is 5.73. The second-order valence-electron chi connectivity index (χ2n) is 4.76. The van der Waals surface area contributed by atoms with Crippen molar-refractivity contribution in [2.24, 2.45) is 0 Å². The number of phenolic OH excluding ortho intramolecular Hbond substituents is 1. The highest BCUT2D eigenvalue weighted by Gasteiger charge is 2.07. The third-order valence-electron chi connectivity index (χ3n) is 3.25. The number of benzene rings is 3. The van der Waals surface area contributed by atoms with Crippen LogP contribution in [0.4, 0.5) is 20.6 Å². The number of carbonyl (C=O) groups is 1. The molecular weight excluding hydrogens is 283 g/mol. The van der Waals surface area contributed by atoms with E-state index in [1.165, 1.54) is 24.3 Å². The minimum atomic E-state index is -0.442. The summed E-state index contributed by atoms with van der Waals surface area (Å²) in [6, 6.07) is 15.4. The van der Waals surface area contributed by atoms with Crippen LogP contribution in [-0.4, -0.2) is 11.1 Å². The SMILES string of the molecule is O=C(Nc1ccc(F)cc1)Nc1cccc2c(O)cccc12. The Morgan fingerprint density at radius 2 is 1.55 bits per heavy atom. The summed E-state index contributed by atoms with van der Waals surface area (Å²) in [6.07, 6.45) is 0. The van der Waals surface area contributed by atoms with Gasteiger partial charge in [0.25, 0.3) is 0 Å². The van der Waals surface area contributed by atoms with Gasteiger partial charge in [0.1, 0.15) is 11.6 Å². The second-order valence-corrected chi connectivity index (χ2v) is 4.76.